The van der Waals surface area contributed by atoms with Gasteiger partial charge in [0.1, 0.15) is 0 Å². The molecule has 0 atom stereocenters. The number of carbonyl (C=O) groups excluding carboxylic acids is 1. The zero-order chi connectivity index (χ0) is 13.4. The van der Waals surface area contributed by atoms with Crippen LogP contribution in [-0.4, -0.2) is 35.4 Å². The molecule has 0 heterocycles. The molecule has 0 amide bonds. The summed E-state index contributed by atoms with van der Waals surface area (Å²) in [7, 11) is 0. The predicted molar refractivity (Wildman–Crippen MR) is 64.6 cm³/mol. The van der Waals surface area contributed by atoms with Crippen LogP contribution in [-0.2, 0) is 4.74 Å². The fraction of sp³-hybridized carbons (Fsp3) is 0.385. The Morgan fingerprint density at radius 2 is 1.72 bits per heavy atom. The van der Waals surface area contributed by atoms with E-state index in [-0.39, 0.29) is 24.3 Å². The number of unbranched alkanes of at least 4 members (excludes halogenated alkanes) is 2. The third-order valence-corrected chi connectivity index (χ3v) is 2.41. The predicted octanol–water partition coefficient (Wildman–Crippen LogP) is 1.70. The van der Waals surface area contributed by atoms with Gasteiger partial charge in [-0.05, 0) is 31.4 Å². The van der Waals surface area contributed by atoms with Gasteiger partial charge in [0.15, 0.2) is 0 Å². The number of aliphatic hydroxyl groups is 1. The van der Waals surface area contributed by atoms with Crippen LogP contribution in [0.15, 0.2) is 24.3 Å². The van der Waals surface area contributed by atoms with Crippen molar-refractivity contribution >= 4 is 11.9 Å². The molecule has 0 fully saturated rings. The lowest BCUT2D eigenvalue weighted by Crippen LogP contribution is -2.12. The molecule has 98 valence electrons. The number of carboxylic acid groups (broad SMARTS) is 1. The molecule has 1 rings (SSSR count). The first kappa shape index (κ1) is 14.2. The smallest absolute Gasteiger partial charge is 0.339 e. The number of carboxylic acids is 1. The largest absolute Gasteiger partial charge is 0.478 e. The summed E-state index contributed by atoms with van der Waals surface area (Å²) in [5.74, 6) is -1.78. The van der Waals surface area contributed by atoms with E-state index in [9.17, 15) is 9.59 Å². The lowest BCUT2D eigenvalue weighted by molar-refractivity contribution is 0.0486. The number of benzene rings is 1. The summed E-state index contributed by atoms with van der Waals surface area (Å²) in [5.41, 5.74) is 0.00464. The van der Waals surface area contributed by atoms with Crippen LogP contribution in [0.1, 0.15) is 40.0 Å². The number of rotatable bonds is 7. The van der Waals surface area contributed by atoms with Crippen LogP contribution in [0.4, 0.5) is 0 Å². The van der Waals surface area contributed by atoms with Crippen molar-refractivity contribution in [2.24, 2.45) is 0 Å². The van der Waals surface area contributed by atoms with Crippen molar-refractivity contribution in [3.8, 4) is 0 Å². The maximum Gasteiger partial charge on any atom is 0.339 e. The molecule has 0 saturated heterocycles. The van der Waals surface area contributed by atoms with E-state index in [0.717, 1.165) is 6.42 Å². The first-order valence-electron chi connectivity index (χ1n) is 5.77. The first-order valence-corrected chi connectivity index (χ1v) is 5.77. The van der Waals surface area contributed by atoms with E-state index in [1.807, 2.05) is 0 Å². The molecule has 0 bridgehead atoms. The third kappa shape index (κ3) is 4.18. The Morgan fingerprint density at radius 1 is 1.06 bits per heavy atom. The molecule has 18 heavy (non-hydrogen) atoms. The van der Waals surface area contributed by atoms with Crippen molar-refractivity contribution in [3.05, 3.63) is 35.4 Å². The molecule has 2 N–H and O–H groups in total. The van der Waals surface area contributed by atoms with E-state index in [1.54, 1.807) is 12.1 Å². The number of aromatic carboxylic acids is 1. The topological polar surface area (TPSA) is 83.8 Å². The molecule has 5 heteroatoms. The second-order valence-corrected chi connectivity index (χ2v) is 3.77. The molecule has 0 aliphatic rings. The normalized spacial score (nSPS) is 10.1. The summed E-state index contributed by atoms with van der Waals surface area (Å²) in [6.07, 6.45) is 2.09. The van der Waals surface area contributed by atoms with Gasteiger partial charge in [-0.1, -0.05) is 12.1 Å². The summed E-state index contributed by atoms with van der Waals surface area (Å²) < 4.78 is 4.98. The summed E-state index contributed by atoms with van der Waals surface area (Å²) in [6, 6.07) is 5.94. The lowest BCUT2D eigenvalue weighted by atomic mass is 10.1. The molecule has 5 nitrogen and oxygen atoms in total. The SMILES string of the molecule is O=C(O)c1ccccc1C(=O)OCCCCCO. The van der Waals surface area contributed by atoms with Gasteiger partial charge in [-0.15, -0.1) is 0 Å². The van der Waals surface area contributed by atoms with Gasteiger partial charge < -0.3 is 14.9 Å². The molecular weight excluding hydrogens is 236 g/mol. The van der Waals surface area contributed by atoms with Gasteiger partial charge in [-0.2, -0.15) is 0 Å². The second-order valence-electron chi connectivity index (χ2n) is 3.77. The molecule has 1 aromatic rings. The van der Waals surface area contributed by atoms with Crippen LogP contribution in [0, 0.1) is 0 Å². The number of aliphatic hydroxyl groups excluding tert-OH is 1. The van der Waals surface area contributed by atoms with Crippen LogP contribution < -0.4 is 0 Å². The Hall–Kier alpha value is -1.88. The average molecular weight is 252 g/mol. The Bertz CT molecular complexity index is 414. The Balaban J connectivity index is 2.54. The molecule has 0 unspecified atom stereocenters. The van der Waals surface area contributed by atoms with E-state index in [0.29, 0.717) is 12.8 Å². The summed E-state index contributed by atoms with van der Waals surface area (Å²) in [5, 5.41) is 17.5. The maximum atomic E-state index is 11.7. The molecule has 0 spiro atoms. The molecule has 0 radical (unpaired) electrons. The summed E-state index contributed by atoms with van der Waals surface area (Å²) >= 11 is 0. The van der Waals surface area contributed by atoms with E-state index in [2.05, 4.69) is 0 Å². The van der Waals surface area contributed by atoms with Crippen LogP contribution >= 0.6 is 0 Å². The summed E-state index contributed by atoms with van der Waals surface area (Å²) in [4.78, 5) is 22.6. The van der Waals surface area contributed by atoms with Crippen LogP contribution in [0.3, 0.4) is 0 Å². The lowest BCUT2D eigenvalue weighted by Gasteiger charge is -2.06. The minimum Gasteiger partial charge on any atom is -0.478 e. The highest BCUT2D eigenvalue weighted by Gasteiger charge is 2.16. The van der Waals surface area contributed by atoms with Crippen molar-refractivity contribution in [1.29, 1.82) is 0 Å². The second kappa shape index (κ2) is 7.45. The molecule has 0 saturated carbocycles. The Kier molecular flexibility index (Phi) is 5.87. The van der Waals surface area contributed by atoms with Crippen molar-refractivity contribution in [2.75, 3.05) is 13.2 Å². The van der Waals surface area contributed by atoms with E-state index >= 15 is 0 Å². The van der Waals surface area contributed by atoms with E-state index in [1.165, 1.54) is 12.1 Å². The van der Waals surface area contributed by atoms with Gasteiger partial charge in [0.05, 0.1) is 17.7 Å². The van der Waals surface area contributed by atoms with Crippen LogP contribution in [0.25, 0.3) is 0 Å². The fourth-order valence-corrected chi connectivity index (χ4v) is 1.48. The van der Waals surface area contributed by atoms with Gasteiger partial charge in [0, 0.05) is 6.61 Å². The number of hydrogen-bond acceptors (Lipinski definition) is 4. The maximum absolute atomic E-state index is 11.7. The molecule has 0 aliphatic heterocycles. The van der Waals surface area contributed by atoms with Crippen LogP contribution in [0.5, 0.6) is 0 Å². The first-order chi connectivity index (χ1) is 8.66. The highest BCUT2D eigenvalue weighted by atomic mass is 16.5. The van der Waals surface area contributed by atoms with Gasteiger partial charge in [0.2, 0.25) is 0 Å². The number of carbonyl (C=O) groups is 2. The van der Waals surface area contributed by atoms with Gasteiger partial charge in [-0.25, -0.2) is 9.59 Å². The van der Waals surface area contributed by atoms with Crippen molar-refractivity contribution in [1.82, 2.24) is 0 Å². The Morgan fingerprint density at radius 3 is 2.33 bits per heavy atom. The zero-order valence-corrected chi connectivity index (χ0v) is 9.96. The van der Waals surface area contributed by atoms with Crippen LogP contribution in [0.2, 0.25) is 0 Å². The van der Waals surface area contributed by atoms with E-state index < -0.39 is 11.9 Å². The van der Waals surface area contributed by atoms with Crippen molar-refractivity contribution < 1.29 is 24.5 Å². The average Bonchev–Trinajstić information content (AvgIpc) is 2.38. The van der Waals surface area contributed by atoms with Crippen molar-refractivity contribution in [3.63, 3.8) is 0 Å². The number of hydrogen-bond donors (Lipinski definition) is 2. The standard InChI is InChI=1S/C13H16O5/c14-8-4-1-5-9-18-13(17)11-7-3-2-6-10(11)12(15)16/h2-3,6-7,14H,1,4-5,8-9H2,(H,15,16). The molecular formula is C13H16O5. The monoisotopic (exact) mass is 252 g/mol. The fourth-order valence-electron chi connectivity index (χ4n) is 1.48. The quantitative estimate of drug-likeness (QED) is 0.570. The highest BCUT2D eigenvalue weighted by Crippen LogP contribution is 2.10. The Labute approximate surface area is 105 Å². The number of esters is 1. The van der Waals surface area contributed by atoms with Crippen molar-refractivity contribution in [2.45, 2.75) is 19.3 Å². The third-order valence-electron chi connectivity index (χ3n) is 2.41. The number of ether oxygens (including phenoxy) is 1. The molecule has 0 aliphatic carbocycles. The van der Waals surface area contributed by atoms with E-state index in [4.69, 9.17) is 14.9 Å². The summed E-state index contributed by atoms with van der Waals surface area (Å²) in [6.45, 7) is 0.350. The molecule has 1 aromatic carbocycles. The molecule has 0 aromatic heterocycles. The van der Waals surface area contributed by atoms with Gasteiger partial charge in [-0.3, -0.25) is 0 Å². The highest BCUT2D eigenvalue weighted by molar-refractivity contribution is 6.02. The van der Waals surface area contributed by atoms with Gasteiger partial charge in [0.25, 0.3) is 0 Å². The van der Waals surface area contributed by atoms with Gasteiger partial charge >= 0.3 is 11.9 Å². The zero-order valence-electron chi connectivity index (χ0n) is 9.96. The minimum atomic E-state index is -1.15. The minimum absolute atomic E-state index is 0.0575.